The van der Waals surface area contributed by atoms with Crippen LogP contribution in [0.2, 0.25) is 0 Å². The SMILES string of the molecule is Cc1c(OCc2cc(Br)cc3c2OCOC3)ccc2c1O/C(=C\c1ccccc1F)C2=O. The Balaban J connectivity index is 1.40. The first-order chi connectivity index (χ1) is 15.5. The van der Waals surface area contributed by atoms with E-state index in [1.807, 2.05) is 19.1 Å². The average Bonchev–Trinajstić information content (AvgIpc) is 3.11. The van der Waals surface area contributed by atoms with Crippen molar-refractivity contribution in [1.82, 2.24) is 0 Å². The molecule has 0 aromatic heterocycles. The summed E-state index contributed by atoms with van der Waals surface area (Å²) in [5.41, 5.74) is 3.25. The van der Waals surface area contributed by atoms with Gasteiger partial charge in [0.05, 0.1) is 12.2 Å². The van der Waals surface area contributed by atoms with Crippen LogP contribution in [-0.2, 0) is 18.0 Å². The Morgan fingerprint density at radius 1 is 1.16 bits per heavy atom. The lowest BCUT2D eigenvalue weighted by atomic mass is 10.1. The molecule has 2 aliphatic heterocycles. The van der Waals surface area contributed by atoms with Crippen molar-refractivity contribution in [2.24, 2.45) is 0 Å². The molecule has 0 N–H and O–H groups in total. The highest BCUT2D eigenvalue weighted by Crippen LogP contribution is 2.40. The summed E-state index contributed by atoms with van der Waals surface area (Å²) in [5.74, 6) is 1.16. The Morgan fingerprint density at radius 2 is 2.00 bits per heavy atom. The molecule has 5 nitrogen and oxygen atoms in total. The van der Waals surface area contributed by atoms with Gasteiger partial charge in [0, 0.05) is 26.7 Å². The number of hydrogen-bond acceptors (Lipinski definition) is 5. The molecule has 0 spiro atoms. The highest BCUT2D eigenvalue weighted by Gasteiger charge is 2.30. The Morgan fingerprint density at radius 3 is 2.84 bits per heavy atom. The molecule has 0 amide bonds. The summed E-state index contributed by atoms with van der Waals surface area (Å²) in [6.07, 6.45) is 1.42. The van der Waals surface area contributed by atoms with Crippen LogP contribution in [0.15, 0.2) is 58.8 Å². The van der Waals surface area contributed by atoms with Crippen LogP contribution in [0.3, 0.4) is 0 Å². The largest absolute Gasteiger partial charge is 0.488 e. The van der Waals surface area contributed by atoms with Gasteiger partial charge in [-0.1, -0.05) is 34.1 Å². The fraction of sp³-hybridized carbons (Fsp3) is 0.160. The van der Waals surface area contributed by atoms with Gasteiger partial charge < -0.3 is 18.9 Å². The number of fused-ring (bicyclic) bond motifs is 2. The fourth-order valence-corrected chi connectivity index (χ4v) is 4.33. The van der Waals surface area contributed by atoms with Gasteiger partial charge in [0.25, 0.3) is 0 Å². The lowest BCUT2D eigenvalue weighted by molar-refractivity contribution is -0.0176. The van der Waals surface area contributed by atoms with Crippen LogP contribution in [-0.4, -0.2) is 12.6 Å². The lowest BCUT2D eigenvalue weighted by Crippen LogP contribution is -2.14. The molecule has 0 bridgehead atoms. The summed E-state index contributed by atoms with van der Waals surface area (Å²) in [5, 5.41) is 0. The zero-order chi connectivity index (χ0) is 22.2. The first-order valence-corrected chi connectivity index (χ1v) is 10.8. The third kappa shape index (κ3) is 3.78. The van der Waals surface area contributed by atoms with Crippen LogP contribution < -0.4 is 14.2 Å². The Labute approximate surface area is 192 Å². The van der Waals surface area contributed by atoms with Gasteiger partial charge in [0.1, 0.15) is 29.7 Å². The number of ketones is 1. The Bertz CT molecular complexity index is 1270. The molecule has 0 radical (unpaired) electrons. The summed E-state index contributed by atoms with van der Waals surface area (Å²) in [4.78, 5) is 12.8. The molecule has 0 atom stereocenters. The molecule has 2 aliphatic rings. The highest BCUT2D eigenvalue weighted by atomic mass is 79.9. The van der Waals surface area contributed by atoms with Crippen molar-refractivity contribution in [3.63, 3.8) is 0 Å². The van der Waals surface area contributed by atoms with Crippen LogP contribution in [0.5, 0.6) is 17.2 Å². The van der Waals surface area contributed by atoms with Crippen molar-refractivity contribution in [3.05, 3.63) is 92.4 Å². The van der Waals surface area contributed by atoms with Crippen molar-refractivity contribution in [3.8, 4) is 17.2 Å². The van der Waals surface area contributed by atoms with E-state index >= 15 is 0 Å². The van der Waals surface area contributed by atoms with Gasteiger partial charge in [-0.3, -0.25) is 4.79 Å². The maximum absolute atomic E-state index is 14.0. The molecule has 3 aromatic rings. The molecule has 162 valence electrons. The maximum Gasteiger partial charge on any atom is 0.231 e. The molecule has 2 heterocycles. The molecule has 0 fully saturated rings. The van der Waals surface area contributed by atoms with E-state index in [2.05, 4.69) is 15.9 Å². The van der Waals surface area contributed by atoms with E-state index in [0.717, 1.165) is 21.3 Å². The monoisotopic (exact) mass is 496 g/mol. The molecule has 32 heavy (non-hydrogen) atoms. The highest BCUT2D eigenvalue weighted by molar-refractivity contribution is 9.10. The van der Waals surface area contributed by atoms with Gasteiger partial charge >= 0.3 is 0 Å². The van der Waals surface area contributed by atoms with E-state index in [4.69, 9.17) is 18.9 Å². The minimum Gasteiger partial charge on any atom is -0.488 e. The van der Waals surface area contributed by atoms with E-state index in [-0.39, 0.29) is 24.9 Å². The second-order valence-electron chi connectivity index (χ2n) is 7.48. The summed E-state index contributed by atoms with van der Waals surface area (Å²) < 4.78 is 37.8. The minimum atomic E-state index is -0.418. The van der Waals surface area contributed by atoms with Gasteiger partial charge in [0.2, 0.25) is 5.78 Å². The average molecular weight is 497 g/mol. The lowest BCUT2D eigenvalue weighted by Gasteiger charge is -2.21. The van der Waals surface area contributed by atoms with Gasteiger partial charge in [-0.15, -0.1) is 0 Å². The van der Waals surface area contributed by atoms with Crippen molar-refractivity contribution < 1.29 is 28.1 Å². The van der Waals surface area contributed by atoms with Crippen molar-refractivity contribution in [2.45, 2.75) is 20.1 Å². The number of carbonyl (C=O) groups is 1. The first kappa shape index (κ1) is 20.7. The van der Waals surface area contributed by atoms with E-state index in [1.54, 1.807) is 30.3 Å². The molecular formula is C25H18BrFO5. The molecular weight excluding hydrogens is 479 g/mol. The summed E-state index contributed by atoms with van der Waals surface area (Å²) >= 11 is 3.51. The van der Waals surface area contributed by atoms with Crippen LogP contribution in [0, 0.1) is 12.7 Å². The van der Waals surface area contributed by atoms with Crippen molar-refractivity contribution in [1.29, 1.82) is 0 Å². The van der Waals surface area contributed by atoms with Crippen LogP contribution in [0.25, 0.3) is 6.08 Å². The molecule has 0 unspecified atom stereocenters. The number of ether oxygens (including phenoxy) is 4. The number of allylic oxidation sites excluding steroid dienone is 1. The number of benzene rings is 3. The summed E-state index contributed by atoms with van der Waals surface area (Å²) in [6, 6.07) is 13.6. The standard InChI is InChI=1S/C25H18BrFO5/c1-14-21(30-12-17-9-18(26)8-16-11-29-13-31-25(16)17)7-6-19-23(28)22(32-24(14)19)10-15-4-2-3-5-20(15)27/h2-10H,11-13H2,1H3/b22-10-. The first-order valence-electron chi connectivity index (χ1n) is 9.98. The molecule has 5 rings (SSSR count). The second-order valence-corrected chi connectivity index (χ2v) is 8.39. The van der Waals surface area contributed by atoms with Gasteiger partial charge in [-0.05, 0) is 43.3 Å². The van der Waals surface area contributed by atoms with E-state index in [9.17, 15) is 9.18 Å². The smallest absolute Gasteiger partial charge is 0.231 e. The van der Waals surface area contributed by atoms with Gasteiger partial charge in [-0.25, -0.2) is 4.39 Å². The van der Waals surface area contributed by atoms with Crippen molar-refractivity contribution in [2.75, 3.05) is 6.79 Å². The third-order valence-corrected chi connectivity index (χ3v) is 5.82. The number of hydrogen-bond donors (Lipinski definition) is 0. The summed E-state index contributed by atoms with van der Waals surface area (Å²) in [6.45, 7) is 2.78. The molecule has 0 saturated carbocycles. The van der Waals surface area contributed by atoms with Crippen LogP contribution in [0.1, 0.15) is 32.6 Å². The predicted octanol–water partition coefficient (Wildman–Crippen LogP) is 5.96. The third-order valence-electron chi connectivity index (χ3n) is 5.36. The minimum absolute atomic E-state index is 0.0832. The maximum atomic E-state index is 14.0. The number of Topliss-reactive ketones (excluding diaryl/α,β-unsaturated/α-hetero) is 1. The number of rotatable bonds is 4. The number of carbonyl (C=O) groups excluding carboxylic acids is 1. The normalized spacial score (nSPS) is 15.7. The second kappa shape index (κ2) is 8.41. The molecule has 0 aliphatic carbocycles. The predicted molar refractivity (Wildman–Crippen MR) is 119 cm³/mol. The Hall–Kier alpha value is -3.16. The molecule has 7 heteroatoms. The molecule has 0 saturated heterocycles. The zero-order valence-electron chi connectivity index (χ0n) is 17.1. The van der Waals surface area contributed by atoms with Crippen LogP contribution >= 0.6 is 15.9 Å². The van der Waals surface area contributed by atoms with E-state index < -0.39 is 5.82 Å². The van der Waals surface area contributed by atoms with E-state index in [0.29, 0.717) is 34.8 Å². The summed E-state index contributed by atoms with van der Waals surface area (Å²) in [7, 11) is 0. The van der Waals surface area contributed by atoms with Gasteiger partial charge in [0.15, 0.2) is 12.6 Å². The topological polar surface area (TPSA) is 54.0 Å². The van der Waals surface area contributed by atoms with E-state index in [1.165, 1.54) is 12.1 Å². The quantitative estimate of drug-likeness (QED) is 0.417. The van der Waals surface area contributed by atoms with Crippen LogP contribution in [0.4, 0.5) is 4.39 Å². The van der Waals surface area contributed by atoms with Gasteiger partial charge in [-0.2, -0.15) is 0 Å². The van der Waals surface area contributed by atoms with Crippen molar-refractivity contribution >= 4 is 27.8 Å². The Kier molecular flexibility index (Phi) is 5.45. The fourth-order valence-electron chi connectivity index (χ4n) is 3.78. The number of halogens is 2. The molecule has 3 aromatic carbocycles. The zero-order valence-corrected chi connectivity index (χ0v) is 18.7.